The first-order chi connectivity index (χ1) is 13.2. The van der Waals surface area contributed by atoms with Crippen LogP contribution in [0.3, 0.4) is 0 Å². The number of rotatable bonds is 8. The van der Waals surface area contributed by atoms with E-state index in [1.807, 2.05) is 36.4 Å². The Morgan fingerprint density at radius 1 is 0.852 bits per heavy atom. The number of halogens is 1. The van der Waals surface area contributed by atoms with Crippen molar-refractivity contribution < 1.29 is 9.18 Å². The van der Waals surface area contributed by atoms with Gasteiger partial charge in [-0.1, -0.05) is 78.9 Å². The predicted octanol–water partition coefficient (Wildman–Crippen LogP) is 5.01. The van der Waals surface area contributed by atoms with E-state index in [2.05, 4.69) is 29.6 Å². The van der Waals surface area contributed by atoms with Crippen molar-refractivity contribution in [1.29, 1.82) is 0 Å². The molecule has 0 radical (unpaired) electrons. The van der Waals surface area contributed by atoms with Gasteiger partial charge in [-0.15, -0.1) is 11.8 Å². The summed E-state index contributed by atoms with van der Waals surface area (Å²) in [6.45, 7) is 0.432. The molecular formula is C23H22FNOS. The van der Waals surface area contributed by atoms with E-state index >= 15 is 0 Å². The number of carbonyl (C=O) groups is 1. The highest BCUT2D eigenvalue weighted by molar-refractivity contribution is 8.00. The number of nitrogens with one attached hydrogen (secondary N) is 1. The number of amides is 1. The average molecular weight is 380 g/mol. The second-order valence-corrected chi connectivity index (χ2v) is 7.30. The fourth-order valence-corrected chi connectivity index (χ4v) is 4.01. The topological polar surface area (TPSA) is 29.1 Å². The first kappa shape index (κ1) is 19.2. The lowest BCUT2D eigenvalue weighted by Crippen LogP contribution is -2.27. The van der Waals surface area contributed by atoms with Crippen LogP contribution in [0.5, 0.6) is 0 Å². The standard InChI is InChI=1S/C23H22FNOS/c24-21-14-8-7-9-18(21)15-16-25-22(26)17-27-23(19-10-3-1-4-11-19)20-12-5-2-6-13-20/h1-14,23H,15-17H2,(H,25,26). The average Bonchev–Trinajstić information content (AvgIpc) is 2.71. The third kappa shape index (κ3) is 5.69. The largest absolute Gasteiger partial charge is 0.355 e. The van der Waals surface area contributed by atoms with Crippen LogP contribution in [0.15, 0.2) is 84.9 Å². The molecule has 0 saturated heterocycles. The second-order valence-electron chi connectivity index (χ2n) is 6.20. The Morgan fingerprint density at radius 2 is 1.41 bits per heavy atom. The molecule has 1 amide bonds. The number of hydrogen-bond donors (Lipinski definition) is 1. The van der Waals surface area contributed by atoms with Gasteiger partial charge in [-0.2, -0.15) is 0 Å². The highest BCUT2D eigenvalue weighted by Crippen LogP contribution is 2.35. The molecule has 4 heteroatoms. The molecule has 0 fully saturated rings. The Bertz CT molecular complexity index is 815. The third-order valence-electron chi connectivity index (χ3n) is 4.26. The molecule has 0 aromatic heterocycles. The summed E-state index contributed by atoms with van der Waals surface area (Å²) < 4.78 is 13.6. The van der Waals surface area contributed by atoms with Gasteiger partial charge in [-0.25, -0.2) is 4.39 Å². The van der Waals surface area contributed by atoms with Crippen molar-refractivity contribution >= 4 is 17.7 Å². The van der Waals surface area contributed by atoms with Crippen LogP contribution in [0.4, 0.5) is 4.39 Å². The van der Waals surface area contributed by atoms with Crippen molar-refractivity contribution in [3.63, 3.8) is 0 Å². The van der Waals surface area contributed by atoms with Gasteiger partial charge in [0.1, 0.15) is 5.82 Å². The molecule has 0 saturated carbocycles. The predicted molar refractivity (Wildman–Crippen MR) is 110 cm³/mol. The van der Waals surface area contributed by atoms with Crippen LogP contribution in [0, 0.1) is 5.82 Å². The van der Waals surface area contributed by atoms with E-state index < -0.39 is 0 Å². The minimum atomic E-state index is -0.227. The molecule has 0 spiro atoms. The minimum Gasteiger partial charge on any atom is -0.355 e. The molecule has 0 unspecified atom stereocenters. The molecule has 2 nitrogen and oxygen atoms in total. The molecular weight excluding hydrogens is 357 g/mol. The minimum absolute atomic E-state index is 0.0341. The Kier molecular flexibility index (Phi) is 7.05. The number of benzene rings is 3. The van der Waals surface area contributed by atoms with Crippen LogP contribution < -0.4 is 5.32 Å². The highest BCUT2D eigenvalue weighted by atomic mass is 32.2. The van der Waals surface area contributed by atoms with E-state index in [0.717, 1.165) is 0 Å². The zero-order chi connectivity index (χ0) is 18.9. The maximum Gasteiger partial charge on any atom is 0.230 e. The van der Waals surface area contributed by atoms with E-state index in [-0.39, 0.29) is 17.0 Å². The second kappa shape index (κ2) is 9.93. The van der Waals surface area contributed by atoms with Crippen LogP contribution in [0.2, 0.25) is 0 Å². The smallest absolute Gasteiger partial charge is 0.230 e. The Labute approximate surface area is 163 Å². The summed E-state index contributed by atoms with van der Waals surface area (Å²) >= 11 is 1.60. The van der Waals surface area contributed by atoms with Crippen LogP contribution in [0.25, 0.3) is 0 Å². The Morgan fingerprint density at radius 3 is 2.00 bits per heavy atom. The fourth-order valence-electron chi connectivity index (χ4n) is 2.89. The molecule has 0 aliphatic heterocycles. The maximum atomic E-state index is 13.6. The lowest BCUT2D eigenvalue weighted by Gasteiger charge is -2.17. The maximum absolute atomic E-state index is 13.6. The summed E-state index contributed by atoms with van der Waals surface area (Å²) in [6, 6.07) is 27.0. The van der Waals surface area contributed by atoms with Gasteiger partial charge in [0.15, 0.2) is 0 Å². The van der Waals surface area contributed by atoms with Crippen molar-refractivity contribution in [2.45, 2.75) is 11.7 Å². The van der Waals surface area contributed by atoms with Crippen molar-refractivity contribution in [3.05, 3.63) is 107 Å². The van der Waals surface area contributed by atoms with Gasteiger partial charge < -0.3 is 5.32 Å². The fraction of sp³-hybridized carbons (Fsp3) is 0.174. The molecule has 0 aliphatic carbocycles. The summed E-state index contributed by atoms with van der Waals surface area (Å²) in [7, 11) is 0. The molecule has 138 valence electrons. The van der Waals surface area contributed by atoms with Crippen LogP contribution in [-0.4, -0.2) is 18.2 Å². The lowest BCUT2D eigenvalue weighted by atomic mass is 10.0. The zero-order valence-electron chi connectivity index (χ0n) is 15.0. The molecule has 0 bridgehead atoms. The van der Waals surface area contributed by atoms with Gasteiger partial charge in [0, 0.05) is 6.54 Å². The summed E-state index contributed by atoms with van der Waals surface area (Å²) in [6.07, 6.45) is 0.490. The normalized spacial score (nSPS) is 10.7. The first-order valence-corrected chi connectivity index (χ1v) is 10.0. The summed E-state index contributed by atoms with van der Waals surface area (Å²) in [5.41, 5.74) is 2.97. The monoisotopic (exact) mass is 379 g/mol. The number of hydrogen-bond acceptors (Lipinski definition) is 2. The molecule has 27 heavy (non-hydrogen) atoms. The van der Waals surface area contributed by atoms with Gasteiger partial charge in [-0.3, -0.25) is 4.79 Å². The Balaban J connectivity index is 1.55. The molecule has 0 aliphatic rings. The Hall–Kier alpha value is -2.59. The van der Waals surface area contributed by atoms with Crippen molar-refractivity contribution in [2.24, 2.45) is 0 Å². The number of thioether (sulfide) groups is 1. The van der Waals surface area contributed by atoms with Gasteiger partial charge in [-0.05, 0) is 29.2 Å². The zero-order valence-corrected chi connectivity index (χ0v) is 15.8. The van der Waals surface area contributed by atoms with Crippen molar-refractivity contribution in [2.75, 3.05) is 12.3 Å². The van der Waals surface area contributed by atoms with E-state index in [1.54, 1.807) is 30.0 Å². The molecule has 1 N–H and O–H groups in total. The van der Waals surface area contributed by atoms with Crippen molar-refractivity contribution in [3.8, 4) is 0 Å². The molecule has 0 atom stereocenters. The quantitative estimate of drug-likeness (QED) is 0.596. The summed E-state index contributed by atoms with van der Waals surface area (Å²) in [4.78, 5) is 12.3. The number of carbonyl (C=O) groups excluding carboxylic acids is 1. The van der Waals surface area contributed by atoms with Crippen molar-refractivity contribution in [1.82, 2.24) is 5.32 Å². The van der Waals surface area contributed by atoms with E-state index in [0.29, 0.717) is 24.3 Å². The molecule has 0 heterocycles. The first-order valence-electron chi connectivity index (χ1n) is 8.95. The van der Waals surface area contributed by atoms with Gasteiger partial charge in [0.05, 0.1) is 11.0 Å². The van der Waals surface area contributed by atoms with Crippen LogP contribution >= 0.6 is 11.8 Å². The highest BCUT2D eigenvalue weighted by Gasteiger charge is 2.16. The van der Waals surface area contributed by atoms with Gasteiger partial charge in [0.25, 0.3) is 0 Å². The van der Waals surface area contributed by atoms with E-state index in [4.69, 9.17) is 0 Å². The third-order valence-corrected chi connectivity index (χ3v) is 5.57. The van der Waals surface area contributed by atoms with Crippen LogP contribution in [-0.2, 0) is 11.2 Å². The molecule has 3 aromatic carbocycles. The van der Waals surface area contributed by atoms with E-state index in [9.17, 15) is 9.18 Å². The van der Waals surface area contributed by atoms with E-state index in [1.165, 1.54) is 17.2 Å². The lowest BCUT2D eigenvalue weighted by molar-refractivity contribution is -0.118. The summed E-state index contributed by atoms with van der Waals surface area (Å²) in [5, 5.41) is 2.99. The molecule has 3 aromatic rings. The molecule has 3 rings (SSSR count). The SMILES string of the molecule is O=C(CSC(c1ccccc1)c1ccccc1)NCCc1ccccc1F. The van der Waals surface area contributed by atoms with Gasteiger partial charge in [0.2, 0.25) is 5.91 Å². The van der Waals surface area contributed by atoms with Crippen LogP contribution in [0.1, 0.15) is 21.9 Å². The van der Waals surface area contributed by atoms with Gasteiger partial charge >= 0.3 is 0 Å². The summed E-state index contributed by atoms with van der Waals surface area (Å²) in [5.74, 6) is 0.0914.